The molecule has 6 nitrogen and oxygen atoms in total. The highest BCUT2D eigenvalue weighted by atomic mass is 32.1. The van der Waals surface area contributed by atoms with Crippen molar-refractivity contribution in [3.8, 4) is 10.8 Å². The van der Waals surface area contributed by atoms with Crippen molar-refractivity contribution in [1.29, 1.82) is 0 Å². The van der Waals surface area contributed by atoms with E-state index in [1.807, 2.05) is 37.3 Å². The predicted octanol–water partition coefficient (Wildman–Crippen LogP) is 4.02. The number of hydrogen-bond donors (Lipinski definition) is 1. The summed E-state index contributed by atoms with van der Waals surface area (Å²) in [6.45, 7) is 2.67. The fourth-order valence-corrected chi connectivity index (χ4v) is 3.89. The molecule has 27 heavy (non-hydrogen) atoms. The van der Waals surface area contributed by atoms with E-state index >= 15 is 0 Å². The fourth-order valence-electron chi connectivity index (χ4n) is 3.13. The zero-order chi connectivity index (χ0) is 18.8. The van der Waals surface area contributed by atoms with Crippen molar-refractivity contribution in [1.82, 2.24) is 10.3 Å². The number of furan rings is 1. The quantitative estimate of drug-likeness (QED) is 0.724. The molecule has 1 fully saturated rings. The zero-order valence-corrected chi connectivity index (χ0v) is 15.7. The van der Waals surface area contributed by atoms with Crippen molar-refractivity contribution >= 4 is 28.8 Å². The van der Waals surface area contributed by atoms with Gasteiger partial charge in [0.2, 0.25) is 5.91 Å². The van der Waals surface area contributed by atoms with Gasteiger partial charge in [-0.2, -0.15) is 0 Å². The third-order valence-electron chi connectivity index (χ3n) is 4.57. The minimum absolute atomic E-state index is 0.150. The molecule has 1 aliphatic heterocycles. The van der Waals surface area contributed by atoms with Gasteiger partial charge in [-0.1, -0.05) is 12.1 Å². The maximum atomic E-state index is 12.5. The second-order valence-electron chi connectivity index (χ2n) is 6.45. The average molecular weight is 381 g/mol. The maximum Gasteiger partial charge on any atom is 0.271 e. The van der Waals surface area contributed by atoms with E-state index in [1.165, 1.54) is 11.3 Å². The summed E-state index contributed by atoms with van der Waals surface area (Å²) >= 11 is 1.37. The van der Waals surface area contributed by atoms with Gasteiger partial charge < -0.3 is 14.6 Å². The van der Waals surface area contributed by atoms with Crippen LogP contribution in [0.25, 0.3) is 10.8 Å². The van der Waals surface area contributed by atoms with Gasteiger partial charge in [0.1, 0.15) is 5.69 Å². The zero-order valence-electron chi connectivity index (χ0n) is 14.8. The van der Waals surface area contributed by atoms with Crippen molar-refractivity contribution in [3.05, 3.63) is 59.3 Å². The first-order valence-corrected chi connectivity index (χ1v) is 9.70. The lowest BCUT2D eigenvalue weighted by molar-refractivity contribution is -0.117. The van der Waals surface area contributed by atoms with E-state index in [2.05, 4.69) is 10.3 Å². The number of thiazole rings is 1. The van der Waals surface area contributed by atoms with E-state index in [-0.39, 0.29) is 17.9 Å². The highest BCUT2D eigenvalue weighted by Gasteiger charge is 2.22. The molecule has 2 amide bonds. The number of benzene rings is 1. The molecule has 138 valence electrons. The lowest BCUT2D eigenvalue weighted by Gasteiger charge is -2.19. The minimum atomic E-state index is -0.237. The van der Waals surface area contributed by atoms with Crippen LogP contribution in [0.1, 0.15) is 41.9 Å². The van der Waals surface area contributed by atoms with E-state index in [9.17, 15) is 9.59 Å². The number of carbonyl (C=O) groups excluding carboxylic acids is 2. The van der Waals surface area contributed by atoms with Crippen LogP contribution in [0.15, 0.2) is 52.5 Å². The molecule has 1 saturated heterocycles. The van der Waals surface area contributed by atoms with Gasteiger partial charge >= 0.3 is 0 Å². The molecule has 1 N–H and O–H groups in total. The fraction of sp³-hybridized carbons (Fsp3) is 0.250. The first-order chi connectivity index (χ1) is 13.1. The topological polar surface area (TPSA) is 75.4 Å². The van der Waals surface area contributed by atoms with E-state index in [1.54, 1.807) is 22.6 Å². The number of nitrogens with one attached hydrogen (secondary N) is 1. The molecule has 3 aromatic rings. The summed E-state index contributed by atoms with van der Waals surface area (Å²) in [5.74, 6) is 0.561. The summed E-state index contributed by atoms with van der Waals surface area (Å²) in [6.07, 6.45) is 3.06. The van der Waals surface area contributed by atoms with E-state index in [0.29, 0.717) is 22.9 Å². The molecule has 4 rings (SSSR count). The Morgan fingerprint density at radius 3 is 2.96 bits per heavy atom. The Labute approximate surface area is 160 Å². The maximum absolute atomic E-state index is 12.5. The smallest absolute Gasteiger partial charge is 0.271 e. The van der Waals surface area contributed by atoms with Crippen molar-refractivity contribution in [2.24, 2.45) is 0 Å². The molecule has 1 aromatic carbocycles. The second kappa shape index (κ2) is 7.36. The normalized spacial score (nSPS) is 15.1. The van der Waals surface area contributed by atoms with Crippen molar-refractivity contribution in [2.75, 3.05) is 11.4 Å². The van der Waals surface area contributed by atoms with Gasteiger partial charge in [0, 0.05) is 24.0 Å². The van der Waals surface area contributed by atoms with Crippen LogP contribution in [-0.2, 0) is 4.79 Å². The highest BCUT2D eigenvalue weighted by Crippen LogP contribution is 2.26. The van der Waals surface area contributed by atoms with Gasteiger partial charge in [0.15, 0.2) is 10.8 Å². The van der Waals surface area contributed by atoms with E-state index in [0.717, 1.165) is 24.2 Å². The standard InChI is InChI=1S/C20H19N3O3S/c1-13(14-5-2-6-15(11-14)23-9-3-8-18(23)24)21-19(25)16-12-27-20(22-16)17-7-4-10-26-17/h2,4-7,10-13H,3,8-9H2,1H3,(H,21,25)/t13-/m0/s1. The lowest BCUT2D eigenvalue weighted by atomic mass is 10.1. The van der Waals surface area contributed by atoms with Gasteiger partial charge in [-0.3, -0.25) is 9.59 Å². The van der Waals surface area contributed by atoms with E-state index < -0.39 is 0 Å². The largest absolute Gasteiger partial charge is 0.462 e. The van der Waals surface area contributed by atoms with Crippen LogP contribution in [0.5, 0.6) is 0 Å². The van der Waals surface area contributed by atoms with Crippen LogP contribution in [0.4, 0.5) is 5.69 Å². The number of carbonyl (C=O) groups is 2. The van der Waals surface area contributed by atoms with Crippen molar-refractivity contribution in [3.63, 3.8) is 0 Å². The Balaban J connectivity index is 1.46. The molecular formula is C20H19N3O3S. The molecular weight excluding hydrogens is 362 g/mol. The Morgan fingerprint density at radius 2 is 2.22 bits per heavy atom. The van der Waals surface area contributed by atoms with Crippen molar-refractivity contribution < 1.29 is 14.0 Å². The molecule has 3 heterocycles. The third kappa shape index (κ3) is 3.64. The van der Waals surface area contributed by atoms with Crippen LogP contribution < -0.4 is 10.2 Å². The Hall–Kier alpha value is -2.93. The summed E-state index contributed by atoms with van der Waals surface area (Å²) in [5.41, 5.74) is 2.19. The Kier molecular flexibility index (Phi) is 4.77. The summed E-state index contributed by atoms with van der Waals surface area (Å²) in [5, 5.41) is 5.37. The second-order valence-corrected chi connectivity index (χ2v) is 7.31. The molecule has 7 heteroatoms. The number of anilines is 1. The van der Waals surface area contributed by atoms with Gasteiger partial charge in [-0.05, 0) is 43.2 Å². The van der Waals surface area contributed by atoms with Gasteiger partial charge in [0.25, 0.3) is 5.91 Å². The minimum Gasteiger partial charge on any atom is -0.462 e. The molecule has 2 aromatic heterocycles. The van der Waals surface area contributed by atoms with Gasteiger partial charge in [-0.25, -0.2) is 4.98 Å². The Morgan fingerprint density at radius 1 is 1.33 bits per heavy atom. The monoisotopic (exact) mass is 381 g/mol. The summed E-state index contributed by atoms with van der Waals surface area (Å²) in [6, 6.07) is 11.1. The summed E-state index contributed by atoms with van der Waals surface area (Å²) < 4.78 is 5.32. The number of hydrogen-bond acceptors (Lipinski definition) is 5. The predicted molar refractivity (Wildman–Crippen MR) is 104 cm³/mol. The van der Waals surface area contributed by atoms with Crippen LogP contribution in [-0.4, -0.2) is 23.3 Å². The van der Waals surface area contributed by atoms with Crippen LogP contribution in [0.3, 0.4) is 0 Å². The molecule has 0 spiro atoms. The van der Waals surface area contributed by atoms with Gasteiger partial charge in [0.05, 0.1) is 12.3 Å². The third-order valence-corrected chi connectivity index (χ3v) is 5.43. The van der Waals surface area contributed by atoms with Gasteiger partial charge in [-0.15, -0.1) is 11.3 Å². The van der Waals surface area contributed by atoms with Crippen LogP contribution in [0.2, 0.25) is 0 Å². The number of aromatic nitrogens is 1. The van der Waals surface area contributed by atoms with Crippen LogP contribution in [0, 0.1) is 0 Å². The number of nitrogens with zero attached hydrogens (tertiary/aromatic N) is 2. The molecule has 1 aliphatic rings. The molecule has 0 bridgehead atoms. The first-order valence-electron chi connectivity index (χ1n) is 8.82. The number of rotatable bonds is 5. The number of amides is 2. The first kappa shape index (κ1) is 17.5. The SMILES string of the molecule is C[C@H](NC(=O)c1csc(-c2ccco2)n1)c1cccc(N2CCCC2=O)c1. The summed E-state index contributed by atoms with van der Waals surface area (Å²) in [4.78, 5) is 30.7. The van der Waals surface area contributed by atoms with Crippen LogP contribution >= 0.6 is 11.3 Å². The lowest BCUT2D eigenvalue weighted by Crippen LogP contribution is -2.27. The molecule has 0 unspecified atom stereocenters. The molecule has 0 saturated carbocycles. The average Bonchev–Trinajstić information content (AvgIpc) is 3.42. The molecule has 1 atom stereocenters. The Bertz CT molecular complexity index is 965. The molecule has 0 radical (unpaired) electrons. The highest BCUT2D eigenvalue weighted by molar-refractivity contribution is 7.13. The van der Waals surface area contributed by atoms with E-state index in [4.69, 9.17) is 4.42 Å². The van der Waals surface area contributed by atoms with Crippen molar-refractivity contribution in [2.45, 2.75) is 25.8 Å². The molecule has 0 aliphatic carbocycles. The summed E-state index contributed by atoms with van der Waals surface area (Å²) in [7, 11) is 0.